The highest BCUT2D eigenvalue weighted by atomic mass is 16.7. The minimum atomic E-state index is -0.429. The second-order valence-electron chi connectivity index (χ2n) is 4.99. The largest absolute Gasteiger partial charge is 0.467 e. The topological polar surface area (TPSA) is 54.0 Å². The molecule has 2 aromatic carbocycles. The van der Waals surface area contributed by atoms with E-state index in [0.717, 1.165) is 17.2 Å². The highest BCUT2D eigenvalue weighted by Gasteiger charge is 2.15. The van der Waals surface area contributed by atoms with Gasteiger partial charge in [0.25, 0.3) is 0 Å². The summed E-state index contributed by atoms with van der Waals surface area (Å²) in [5.74, 6) is 0.0204. The first-order valence-corrected chi connectivity index (χ1v) is 7.65. The fourth-order valence-electron chi connectivity index (χ4n) is 2.14. The Morgan fingerprint density at radius 3 is 2.48 bits per heavy atom. The summed E-state index contributed by atoms with van der Waals surface area (Å²) in [5, 5.41) is 1.94. The quantitative estimate of drug-likeness (QED) is 0.403. The van der Waals surface area contributed by atoms with E-state index in [2.05, 4.69) is 0 Å². The van der Waals surface area contributed by atoms with Crippen LogP contribution in [0.3, 0.4) is 0 Å². The zero-order chi connectivity index (χ0) is 16.5. The van der Waals surface area contributed by atoms with E-state index in [1.54, 1.807) is 6.07 Å². The van der Waals surface area contributed by atoms with Crippen LogP contribution in [0.4, 0.5) is 0 Å². The molecule has 0 spiro atoms. The third-order valence-corrected chi connectivity index (χ3v) is 3.21. The SMILES string of the molecule is CCCOCCOC(=O)c1cc2ccccc2cc1OCOC. The Balaban J connectivity index is 2.13. The normalized spacial score (nSPS) is 10.7. The van der Waals surface area contributed by atoms with Gasteiger partial charge in [0.2, 0.25) is 0 Å². The number of ether oxygens (including phenoxy) is 4. The number of hydrogen-bond donors (Lipinski definition) is 0. The lowest BCUT2D eigenvalue weighted by molar-refractivity contribution is 0.0293. The van der Waals surface area contributed by atoms with Crippen LogP contribution in [-0.4, -0.2) is 39.7 Å². The number of rotatable bonds is 9. The first kappa shape index (κ1) is 17.2. The summed E-state index contributed by atoms with van der Waals surface area (Å²) in [7, 11) is 1.53. The maximum Gasteiger partial charge on any atom is 0.342 e. The molecule has 0 atom stereocenters. The lowest BCUT2D eigenvalue weighted by Crippen LogP contribution is -2.13. The third kappa shape index (κ3) is 4.94. The Morgan fingerprint density at radius 1 is 1.04 bits per heavy atom. The maximum atomic E-state index is 12.3. The molecule has 0 saturated heterocycles. The number of esters is 1. The highest BCUT2D eigenvalue weighted by molar-refractivity contribution is 5.98. The van der Waals surface area contributed by atoms with Crippen LogP contribution in [0, 0.1) is 0 Å². The van der Waals surface area contributed by atoms with Crippen molar-refractivity contribution in [3.05, 3.63) is 42.0 Å². The van der Waals surface area contributed by atoms with Gasteiger partial charge in [0.15, 0.2) is 6.79 Å². The van der Waals surface area contributed by atoms with Crippen molar-refractivity contribution in [3.63, 3.8) is 0 Å². The van der Waals surface area contributed by atoms with Crippen LogP contribution in [0.2, 0.25) is 0 Å². The Hall–Kier alpha value is -2.11. The third-order valence-electron chi connectivity index (χ3n) is 3.21. The molecule has 2 rings (SSSR count). The molecule has 0 aromatic heterocycles. The summed E-state index contributed by atoms with van der Waals surface area (Å²) < 4.78 is 21.0. The summed E-state index contributed by atoms with van der Waals surface area (Å²) in [6.07, 6.45) is 0.938. The molecule has 5 nitrogen and oxygen atoms in total. The van der Waals surface area contributed by atoms with Gasteiger partial charge in [-0.2, -0.15) is 0 Å². The summed E-state index contributed by atoms with van der Waals surface area (Å²) in [5.41, 5.74) is 0.385. The minimum absolute atomic E-state index is 0.0677. The van der Waals surface area contributed by atoms with Crippen molar-refractivity contribution in [1.82, 2.24) is 0 Å². The molecule has 0 aliphatic heterocycles. The van der Waals surface area contributed by atoms with Crippen molar-refractivity contribution in [2.24, 2.45) is 0 Å². The predicted molar refractivity (Wildman–Crippen MR) is 87.8 cm³/mol. The van der Waals surface area contributed by atoms with Gasteiger partial charge in [-0.25, -0.2) is 4.79 Å². The number of carbonyl (C=O) groups is 1. The van der Waals surface area contributed by atoms with Gasteiger partial charge in [0, 0.05) is 13.7 Å². The number of hydrogen-bond acceptors (Lipinski definition) is 5. The van der Waals surface area contributed by atoms with Crippen LogP contribution >= 0.6 is 0 Å². The fraction of sp³-hybridized carbons (Fsp3) is 0.389. The standard InChI is InChI=1S/C18H22O5/c1-3-8-21-9-10-22-18(19)16-11-14-6-4-5-7-15(14)12-17(16)23-13-20-2/h4-7,11-12H,3,8-10,13H2,1-2H3. The molecule has 0 amide bonds. The highest BCUT2D eigenvalue weighted by Crippen LogP contribution is 2.27. The monoisotopic (exact) mass is 318 g/mol. The van der Waals surface area contributed by atoms with E-state index in [1.807, 2.05) is 37.3 Å². The Bertz CT molecular complexity index is 638. The zero-order valence-corrected chi connectivity index (χ0v) is 13.5. The minimum Gasteiger partial charge on any atom is -0.467 e. The molecule has 0 aliphatic rings. The Labute approximate surface area is 136 Å². The molecule has 0 bridgehead atoms. The molecular weight excluding hydrogens is 296 g/mol. The van der Waals surface area contributed by atoms with E-state index in [0.29, 0.717) is 24.5 Å². The summed E-state index contributed by atoms with van der Waals surface area (Å²) in [4.78, 5) is 12.3. The molecule has 0 fully saturated rings. The smallest absolute Gasteiger partial charge is 0.342 e. The van der Waals surface area contributed by atoms with E-state index in [4.69, 9.17) is 18.9 Å². The summed E-state index contributed by atoms with van der Waals surface area (Å²) >= 11 is 0. The van der Waals surface area contributed by atoms with Crippen LogP contribution in [0.1, 0.15) is 23.7 Å². The van der Waals surface area contributed by atoms with Crippen LogP contribution in [-0.2, 0) is 14.2 Å². The lowest BCUT2D eigenvalue weighted by Gasteiger charge is -2.12. The maximum absolute atomic E-state index is 12.3. The van der Waals surface area contributed by atoms with Crippen LogP contribution in [0.5, 0.6) is 5.75 Å². The van der Waals surface area contributed by atoms with Crippen molar-refractivity contribution in [1.29, 1.82) is 0 Å². The van der Waals surface area contributed by atoms with Crippen molar-refractivity contribution < 1.29 is 23.7 Å². The molecule has 23 heavy (non-hydrogen) atoms. The van der Waals surface area contributed by atoms with E-state index >= 15 is 0 Å². The van der Waals surface area contributed by atoms with Crippen molar-refractivity contribution in [3.8, 4) is 5.75 Å². The van der Waals surface area contributed by atoms with Crippen LogP contribution in [0.25, 0.3) is 10.8 Å². The van der Waals surface area contributed by atoms with Gasteiger partial charge in [0.1, 0.15) is 17.9 Å². The molecule has 2 aromatic rings. The second-order valence-corrected chi connectivity index (χ2v) is 4.99. The molecule has 0 N–H and O–H groups in total. The first-order valence-electron chi connectivity index (χ1n) is 7.65. The summed E-state index contributed by atoms with van der Waals surface area (Å²) in [6.45, 7) is 3.37. The molecule has 0 aliphatic carbocycles. The summed E-state index contributed by atoms with van der Waals surface area (Å²) in [6, 6.07) is 11.4. The molecule has 124 valence electrons. The molecule has 0 saturated carbocycles. The van der Waals surface area contributed by atoms with Gasteiger partial charge in [-0.3, -0.25) is 0 Å². The average Bonchev–Trinajstić information content (AvgIpc) is 2.58. The fourth-order valence-corrected chi connectivity index (χ4v) is 2.14. The number of benzene rings is 2. The van der Waals surface area contributed by atoms with Crippen molar-refractivity contribution in [2.75, 3.05) is 33.7 Å². The van der Waals surface area contributed by atoms with Gasteiger partial charge in [-0.05, 0) is 29.3 Å². The lowest BCUT2D eigenvalue weighted by atomic mass is 10.1. The number of fused-ring (bicyclic) bond motifs is 1. The average molecular weight is 318 g/mol. The van der Waals surface area contributed by atoms with Gasteiger partial charge >= 0.3 is 5.97 Å². The van der Waals surface area contributed by atoms with Crippen LogP contribution < -0.4 is 4.74 Å². The molecule has 0 unspecified atom stereocenters. The molecule has 0 radical (unpaired) electrons. The van der Waals surface area contributed by atoms with Crippen molar-refractivity contribution in [2.45, 2.75) is 13.3 Å². The molecule has 5 heteroatoms. The first-order chi connectivity index (χ1) is 11.3. The van der Waals surface area contributed by atoms with E-state index < -0.39 is 5.97 Å². The van der Waals surface area contributed by atoms with Gasteiger partial charge in [-0.15, -0.1) is 0 Å². The Kier molecular flexibility index (Phi) is 6.84. The van der Waals surface area contributed by atoms with Crippen molar-refractivity contribution >= 4 is 16.7 Å². The Morgan fingerprint density at radius 2 is 1.78 bits per heavy atom. The van der Waals surface area contributed by atoms with Gasteiger partial charge in [0.05, 0.1) is 6.61 Å². The second kappa shape index (κ2) is 9.12. The van der Waals surface area contributed by atoms with Crippen LogP contribution in [0.15, 0.2) is 36.4 Å². The predicted octanol–water partition coefficient (Wildman–Crippen LogP) is 3.41. The number of carbonyl (C=O) groups excluding carboxylic acids is 1. The van der Waals surface area contributed by atoms with E-state index in [1.165, 1.54) is 7.11 Å². The van der Waals surface area contributed by atoms with Gasteiger partial charge in [-0.1, -0.05) is 31.2 Å². The van der Waals surface area contributed by atoms with Gasteiger partial charge < -0.3 is 18.9 Å². The molecular formula is C18H22O5. The molecule has 0 heterocycles. The zero-order valence-electron chi connectivity index (χ0n) is 13.5. The number of methoxy groups -OCH3 is 1. The van der Waals surface area contributed by atoms with E-state index in [9.17, 15) is 4.79 Å². The van der Waals surface area contributed by atoms with E-state index in [-0.39, 0.29) is 13.4 Å².